The first-order valence-corrected chi connectivity index (χ1v) is 5.87. The standard InChI is InChI=1S/C10H12FIN2O3/c1-10(2,5-15)13-8-3-6(11)7(12)4-9(8)14(16)17/h3-4,13,15H,5H2,1-2H3. The molecule has 0 aliphatic rings. The second-order valence-corrected chi connectivity index (χ2v) is 5.37. The van der Waals surface area contributed by atoms with Crippen molar-refractivity contribution in [3.63, 3.8) is 0 Å². The summed E-state index contributed by atoms with van der Waals surface area (Å²) < 4.78 is 13.6. The fourth-order valence-electron chi connectivity index (χ4n) is 1.19. The summed E-state index contributed by atoms with van der Waals surface area (Å²) in [5, 5.41) is 22.7. The molecule has 0 amide bonds. The van der Waals surface area contributed by atoms with Gasteiger partial charge in [-0.2, -0.15) is 0 Å². The molecule has 0 aliphatic carbocycles. The highest BCUT2D eigenvalue weighted by molar-refractivity contribution is 14.1. The zero-order valence-corrected chi connectivity index (χ0v) is 11.5. The molecule has 0 atom stereocenters. The molecule has 94 valence electrons. The number of anilines is 1. The molecule has 0 unspecified atom stereocenters. The van der Waals surface area contributed by atoms with Gasteiger partial charge >= 0.3 is 0 Å². The first kappa shape index (κ1) is 14.1. The fraction of sp³-hybridized carbons (Fsp3) is 0.400. The van der Waals surface area contributed by atoms with Crippen LogP contribution >= 0.6 is 22.6 Å². The maximum absolute atomic E-state index is 13.4. The Morgan fingerprint density at radius 1 is 1.59 bits per heavy atom. The lowest BCUT2D eigenvalue weighted by Gasteiger charge is -2.24. The highest BCUT2D eigenvalue weighted by atomic mass is 127. The summed E-state index contributed by atoms with van der Waals surface area (Å²) in [7, 11) is 0. The summed E-state index contributed by atoms with van der Waals surface area (Å²) in [5.74, 6) is -0.535. The van der Waals surface area contributed by atoms with Crippen molar-refractivity contribution >= 4 is 34.0 Å². The van der Waals surface area contributed by atoms with Gasteiger partial charge in [0.05, 0.1) is 20.6 Å². The molecule has 0 heterocycles. The number of nitro groups is 1. The lowest BCUT2D eigenvalue weighted by Crippen LogP contribution is -2.35. The van der Waals surface area contributed by atoms with Crippen molar-refractivity contribution in [2.75, 3.05) is 11.9 Å². The molecule has 1 aromatic carbocycles. The van der Waals surface area contributed by atoms with E-state index >= 15 is 0 Å². The minimum atomic E-state index is -0.760. The van der Waals surface area contributed by atoms with E-state index in [1.54, 1.807) is 36.4 Å². The van der Waals surface area contributed by atoms with Crippen molar-refractivity contribution in [2.45, 2.75) is 19.4 Å². The minimum absolute atomic E-state index is 0.0620. The predicted molar refractivity (Wildman–Crippen MR) is 70.6 cm³/mol. The van der Waals surface area contributed by atoms with Crippen molar-refractivity contribution < 1.29 is 14.4 Å². The van der Waals surface area contributed by atoms with E-state index in [4.69, 9.17) is 5.11 Å². The van der Waals surface area contributed by atoms with Crippen LogP contribution in [0.4, 0.5) is 15.8 Å². The van der Waals surface area contributed by atoms with E-state index in [9.17, 15) is 14.5 Å². The Morgan fingerprint density at radius 3 is 2.65 bits per heavy atom. The monoisotopic (exact) mass is 354 g/mol. The molecule has 0 aromatic heterocycles. The van der Waals surface area contributed by atoms with Gasteiger partial charge in [0.15, 0.2) is 0 Å². The van der Waals surface area contributed by atoms with Crippen LogP contribution in [0.3, 0.4) is 0 Å². The summed E-state index contributed by atoms with van der Waals surface area (Å²) in [5.41, 5.74) is -0.909. The van der Waals surface area contributed by atoms with Crippen molar-refractivity contribution in [1.29, 1.82) is 0 Å². The van der Waals surface area contributed by atoms with Crippen molar-refractivity contribution in [2.24, 2.45) is 0 Å². The topological polar surface area (TPSA) is 75.4 Å². The minimum Gasteiger partial charge on any atom is -0.394 e. The van der Waals surface area contributed by atoms with Crippen LogP contribution in [0.25, 0.3) is 0 Å². The lowest BCUT2D eigenvalue weighted by atomic mass is 10.1. The highest BCUT2D eigenvalue weighted by Crippen LogP contribution is 2.30. The maximum atomic E-state index is 13.4. The van der Waals surface area contributed by atoms with E-state index in [1.807, 2.05) is 0 Å². The zero-order chi connectivity index (χ0) is 13.2. The third kappa shape index (κ3) is 3.50. The summed E-state index contributed by atoms with van der Waals surface area (Å²) >= 11 is 1.69. The van der Waals surface area contributed by atoms with E-state index < -0.39 is 16.3 Å². The van der Waals surface area contributed by atoms with Gasteiger partial charge in [0, 0.05) is 12.1 Å². The summed E-state index contributed by atoms with van der Waals surface area (Å²) in [6.07, 6.45) is 0. The Bertz CT molecular complexity index is 451. The molecule has 17 heavy (non-hydrogen) atoms. The van der Waals surface area contributed by atoms with Gasteiger partial charge in [0.25, 0.3) is 5.69 Å². The van der Waals surface area contributed by atoms with Crippen LogP contribution in [-0.2, 0) is 0 Å². The molecule has 0 saturated carbocycles. The summed E-state index contributed by atoms with van der Waals surface area (Å²) in [6, 6.07) is 2.23. The van der Waals surface area contributed by atoms with Gasteiger partial charge in [-0.25, -0.2) is 4.39 Å². The van der Waals surface area contributed by atoms with Crippen molar-refractivity contribution in [3.05, 3.63) is 31.6 Å². The van der Waals surface area contributed by atoms with Gasteiger partial charge in [0.1, 0.15) is 11.5 Å². The maximum Gasteiger partial charge on any atom is 0.293 e. The van der Waals surface area contributed by atoms with Gasteiger partial charge in [-0.1, -0.05) is 0 Å². The first-order valence-electron chi connectivity index (χ1n) is 4.79. The number of hydrogen-bond donors (Lipinski definition) is 2. The molecule has 0 saturated heterocycles. The zero-order valence-electron chi connectivity index (χ0n) is 9.33. The lowest BCUT2D eigenvalue weighted by molar-refractivity contribution is -0.384. The Hall–Kier alpha value is -0.960. The van der Waals surface area contributed by atoms with E-state index in [1.165, 1.54) is 0 Å². The van der Waals surface area contributed by atoms with Gasteiger partial charge in [0.2, 0.25) is 0 Å². The van der Waals surface area contributed by atoms with Crippen LogP contribution in [0.2, 0.25) is 0 Å². The smallest absolute Gasteiger partial charge is 0.293 e. The number of nitrogens with zero attached hydrogens (tertiary/aromatic N) is 1. The molecular formula is C10H12FIN2O3. The summed E-state index contributed by atoms with van der Waals surface area (Å²) in [6.45, 7) is 3.09. The Kier molecular flexibility index (Phi) is 4.26. The van der Waals surface area contributed by atoms with Crippen molar-refractivity contribution in [3.8, 4) is 0 Å². The van der Waals surface area contributed by atoms with Crippen LogP contribution in [0, 0.1) is 19.5 Å². The summed E-state index contributed by atoms with van der Waals surface area (Å²) in [4.78, 5) is 10.3. The number of benzene rings is 1. The van der Waals surface area contributed by atoms with Crippen LogP contribution in [0.5, 0.6) is 0 Å². The third-order valence-corrected chi connectivity index (χ3v) is 2.93. The molecule has 1 rings (SSSR count). The van der Waals surface area contributed by atoms with Gasteiger partial charge in [-0.3, -0.25) is 10.1 Å². The molecule has 1 aromatic rings. The number of hydrogen-bond acceptors (Lipinski definition) is 4. The van der Waals surface area contributed by atoms with Crippen LogP contribution in [0.15, 0.2) is 12.1 Å². The van der Waals surface area contributed by atoms with Crippen LogP contribution in [-0.4, -0.2) is 22.2 Å². The Morgan fingerprint density at radius 2 is 2.18 bits per heavy atom. The van der Waals surface area contributed by atoms with E-state index in [2.05, 4.69) is 5.32 Å². The van der Waals surface area contributed by atoms with Gasteiger partial charge < -0.3 is 10.4 Å². The molecule has 2 N–H and O–H groups in total. The largest absolute Gasteiger partial charge is 0.394 e. The number of aliphatic hydroxyl groups excluding tert-OH is 1. The molecule has 0 radical (unpaired) electrons. The second kappa shape index (κ2) is 5.13. The highest BCUT2D eigenvalue weighted by Gasteiger charge is 2.23. The van der Waals surface area contributed by atoms with Gasteiger partial charge in [-0.05, 0) is 36.4 Å². The van der Waals surface area contributed by atoms with E-state index in [0.29, 0.717) is 0 Å². The molecule has 0 bridgehead atoms. The quantitative estimate of drug-likeness (QED) is 0.495. The van der Waals surface area contributed by atoms with E-state index in [-0.39, 0.29) is 21.6 Å². The van der Waals surface area contributed by atoms with E-state index in [0.717, 1.165) is 12.1 Å². The first-order chi connectivity index (χ1) is 7.76. The molecule has 5 nitrogen and oxygen atoms in total. The number of nitro benzene ring substituents is 1. The van der Waals surface area contributed by atoms with Crippen LogP contribution in [0.1, 0.15) is 13.8 Å². The number of aliphatic hydroxyl groups is 1. The SMILES string of the molecule is CC(C)(CO)Nc1cc(F)c(I)cc1[N+](=O)[O-]. The molecular weight excluding hydrogens is 342 g/mol. The van der Waals surface area contributed by atoms with Gasteiger partial charge in [-0.15, -0.1) is 0 Å². The Balaban J connectivity index is 3.22. The average molecular weight is 354 g/mol. The van der Waals surface area contributed by atoms with Crippen molar-refractivity contribution in [1.82, 2.24) is 0 Å². The fourth-order valence-corrected chi connectivity index (χ4v) is 1.64. The molecule has 0 fully saturated rings. The predicted octanol–water partition coefficient (Wildman–Crippen LogP) is 2.52. The van der Waals surface area contributed by atoms with Crippen LogP contribution < -0.4 is 5.32 Å². The molecule has 7 heteroatoms. The number of rotatable bonds is 4. The molecule has 0 spiro atoms. The number of halogens is 2. The average Bonchev–Trinajstić information content (AvgIpc) is 2.22. The normalized spacial score (nSPS) is 11.4. The third-order valence-electron chi connectivity index (χ3n) is 2.10. The molecule has 0 aliphatic heterocycles. The Labute approximate surface area is 111 Å². The second-order valence-electron chi connectivity index (χ2n) is 4.21. The number of nitrogens with one attached hydrogen (secondary N) is 1.